The molecule has 16 heavy (non-hydrogen) atoms. The van der Waals surface area contributed by atoms with E-state index in [1.54, 1.807) is 0 Å². The van der Waals surface area contributed by atoms with Crippen molar-refractivity contribution in [2.75, 3.05) is 19.6 Å². The van der Waals surface area contributed by atoms with Crippen LogP contribution < -0.4 is 5.73 Å². The highest BCUT2D eigenvalue weighted by molar-refractivity contribution is 5.00. The third-order valence-corrected chi connectivity index (χ3v) is 5.00. The molecule has 2 nitrogen and oxygen atoms in total. The van der Waals surface area contributed by atoms with Crippen molar-refractivity contribution in [3.63, 3.8) is 0 Å². The zero-order valence-corrected chi connectivity index (χ0v) is 10.9. The Balaban J connectivity index is 2.13. The third-order valence-electron chi connectivity index (χ3n) is 5.00. The topological polar surface area (TPSA) is 29.3 Å². The van der Waals surface area contributed by atoms with Gasteiger partial charge in [0, 0.05) is 12.1 Å². The zero-order valence-electron chi connectivity index (χ0n) is 10.9. The molecule has 2 N–H and O–H groups in total. The molecule has 1 heterocycles. The lowest BCUT2D eigenvalue weighted by Crippen LogP contribution is -2.61. The number of hydrogen-bond acceptors (Lipinski definition) is 2. The molecule has 2 atom stereocenters. The fraction of sp³-hybridized carbons (Fsp3) is 1.00. The van der Waals surface area contributed by atoms with E-state index < -0.39 is 0 Å². The lowest BCUT2D eigenvalue weighted by atomic mass is 9.70. The molecule has 1 aliphatic heterocycles. The van der Waals surface area contributed by atoms with E-state index in [1.807, 2.05) is 0 Å². The molecule has 0 bridgehead atoms. The maximum absolute atomic E-state index is 6.19. The van der Waals surface area contributed by atoms with Crippen LogP contribution in [0.1, 0.15) is 58.3 Å². The number of hydrogen-bond donors (Lipinski definition) is 1. The van der Waals surface area contributed by atoms with Crippen LogP contribution in [0.3, 0.4) is 0 Å². The summed E-state index contributed by atoms with van der Waals surface area (Å²) < 4.78 is 0. The second-order valence-corrected chi connectivity index (χ2v) is 5.71. The van der Waals surface area contributed by atoms with Gasteiger partial charge in [0.1, 0.15) is 0 Å². The van der Waals surface area contributed by atoms with Gasteiger partial charge in [0.25, 0.3) is 0 Å². The summed E-state index contributed by atoms with van der Waals surface area (Å²) in [4.78, 5) is 2.75. The zero-order chi connectivity index (χ0) is 11.4. The van der Waals surface area contributed by atoms with Crippen LogP contribution in [0.25, 0.3) is 0 Å². The van der Waals surface area contributed by atoms with E-state index in [0.29, 0.717) is 5.54 Å². The summed E-state index contributed by atoms with van der Waals surface area (Å²) in [6.07, 6.45) is 11.1. The summed E-state index contributed by atoms with van der Waals surface area (Å²) in [7, 11) is 0. The van der Waals surface area contributed by atoms with Crippen LogP contribution in [0.15, 0.2) is 0 Å². The normalized spacial score (nSPS) is 37.5. The van der Waals surface area contributed by atoms with Crippen LogP contribution in [0.5, 0.6) is 0 Å². The Bertz CT molecular complexity index is 211. The molecule has 0 aromatic carbocycles. The average molecular weight is 224 g/mol. The van der Waals surface area contributed by atoms with Gasteiger partial charge in [-0.1, -0.05) is 32.6 Å². The van der Waals surface area contributed by atoms with Gasteiger partial charge < -0.3 is 5.73 Å². The number of rotatable bonds is 3. The summed E-state index contributed by atoms with van der Waals surface area (Å²) in [5.74, 6) is 0.851. The van der Waals surface area contributed by atoms with Gasteiger partial charge in [0.15, 0.2) is 0 Å². The van der Waals surface area contributed by atoms with Gasteiger partial charge in [0.2, 0.25) is 0 Å². The highest BCUT2D eigenvalue weighted by Gasteiger charge is 2.43. The largest absolute Gasteiger partial charge is 0.329 e. The highest BCUT2D eigenvalue weighted by atomic mass is 15.2. The summed E-state index contributed by atoms with van der Waals surface area (Å²) in [5.41, 5.74) is 6.56. The minimum absolute atomic E-state index is 0.368. The van der Waals surface area contributed by atoms with Crippen molar-refractivity contribution in [3.05, 3.63) is 0 Å². The maximum atomic E-state index is 6.19. The molecule has 94 valence electrons. The summed E-state index contributed by atoms with van der Waals surface area (Å²) in [6, 6.07) is 0. The van der Waals surface area contributed by atoms with Crippen molar-refractivity contribution in [2.45, 2.75) is 63.8 Å². The average Bonchev–Trinajstić information content (AvgIpc) is 2.39. The van der Waals surface area contributed by atoms with E-state index in [9.17, 15) is 0 Å². The first-order valence-electron chi connectivity index (χ1n) is 7.28. The molecule has 2 aliphatic rings. The van der Waals surface area contributed by atoms with Crippen LogP contribution >= 0.6 is 0 Å². The lowest BCUT2D eigenvalue weighted by molar-refractivity contribution is -0.00805. The number of likely N-dealkylation sites (tertiary alicyclic amines) is 1. The van der Waals surface area contributed by atoms with E-state index in [-0.39, 0.29) is 0 Å². The monoisotopic (exact) mass is 224 g/mol. The molecule has 1 saturated heterocycles. The molecule has 0 spiro atoms. The summed E-state index contributed by atoms with van der Waals surface area (Å²) in [5, 5.41) is 0. The number of nitrogens with zero attached hydrogens (tertiary/aromatic N) is 1. The smallest absolute Gasteiger partial charge is 0.0359 e. The van der Waals surface area contributed by atoms with Crippen molar-refractivity contribution >= 4 is 0 Å². The first-order chi connectivity index (χ1) is 7.83. The van der Waals surface area contributed by atoms with Gasteiger partial charge in [-0.15, -0.1) is 0 Å². The number of nitrogens with two attached hydrogens (primary N) is 1. The fourth-order valence-electron chi connectivity index (χ4n) is 4.03. The van der Waals surface area contributed by atoms with Crippen LogP contribution in [-0.4, -0.2) is 30.1 Å². The fourth-order valence-corrected chi connectivity index (χ4v) is 4.03. The second kappa shape index (κ2) is 5.50. The van der Waals surface area contributed by atoms with Crippen LogP contribution in [0, 0.1) is 5.92 Å². The van der Waals surface area contributed by atoms with E-state index in [2.05, 4.69) is 11.8 Å². The summed E-state index contributed by atoms with van der Waals surface area (Å²) >= 11 is 0. The molecule has 0 radical (unpaired) electrons. The summed E-state index contributed by atoms with van der Waals surface area (Å²) in [6.45, 7) is 5.83. The molecule has 2 fully saturated rings. The van der Waals surface area contributed by atoms with Gasteiger partial charge in [-0.05, 0) is 44.7 Å². The van der Waals surface area contributed by atoms with Crippen molar-refractivity contribution in [1.82, 2.24) is 4.90 Å². The molecule has 0 amide bonds. The number of piperidine rings is 1. The Morgan fingerprint density at radius 3 is 2.50 bits per heavy atom. The van der Waals surface area contributed by atoms with Gasteiger partial charge >= 0.3 is 0 Å². The minimum atomic E-state index is 0.368. The predicted molar refractivity (Wildman–Crippen MR) is 69.5 cm³/mol. The standard InChI is InChI=1S/C14H28N2/c1-2-13-8-4-5-9-14(13,12-15)16-10-6-3-7-11-16/h13H,2-12,15H2,1H3. The Hall–Kier alpha value is -0.0800. The van der Waals surface area contributed by atoms with Gasteiger partial charge in [-0.2, -0.15) is 0 Å². The van der Waals surface area contributed by atoms with E-state index >= 15 is 0 Å². The quantitative estimate of drug-likeness (QED) is 0.798. The molecular weight excluding hydrogens is 196 g/mol. The Labute approximate surface area is 101 Å². The first kappa shape index (κ1) is 12.4. The van der Waals surface area contributed by atoms with Crippen molar-refractivity contribution < 1.29 is 0 Å². The molecule has 1 saturated carbocycles. The van der Waals surface area contributed by atoms with E-state index in [4.69, 9.17) is 5.73 Å². The predicted octanol–water partition coefficient (Wildman–Crippen LogP) is 2.77. The molecule has 2 rings (SSSR count). The van der Waals surface area contributed by atoms with Crippen molar-refractivity contribution in [1.29, 1.82) is 0 Å². The van der Waals surface area contributed by atoms with E-state index in [0.717, 1.165) is 12.5 Å². The Morgan fingerprint density at radius 1 is 1.12 bits per heavy atom. The molecule has 0 aromatic rings. The Morgan fingerprint density at radius 2 is 1.88 bits per heavy atom. The second-order valence-electron chi connectivity index (χ2n) is 5.71. The lowest BCUT2D eigenvalue weighted by Gasteiger charge is -2.52. The first-order valence-corrected chi connectivity index (χ1v) is 7.28. The Kier molecular flexibility index (Phi) is 4.26. The molecule has 2 heteroatoms. The third kappa shape index (κ3) is 2.14. The van der Waals surface area contributed by atoms with Crippen molar-refractivity contribution in [2.24, 2.45) is 11.7 Å². The minimum Gasteiger partial charge on any atom is -0.329 e. The van der Waals surface area contributed by atoms with Crippen LogP contribution in [-0.2, 0) is 0 Å². The van der Waals surface area contributed by atoms with Gasteiger partial charge in [0.05, 0.1) is 0 Å². The molecule has 2 unspecified atom stereocenters. The van der Waals surface area contributed by atoms with E-state index in [1.165, 1.54) is 64.5 Å². The van der Waals surface area contributed by atoms with Crippen molar-refractivity contribution in [3.8, 4) is 0 Å². The SMILES string of the molecule is CCC1CCCCC1(CN)N1CCCCC1. The van der Waals surface area contributed by atoms with Crippen LogP contribution in [0.4, 0.5) is 0 Å². The molecular formula is C14H28N2. The van der Waals surface area contributed by atoms with Gasteiger partial charge in [-0.25, -0.2) is 0 Å². The van der Waals surface area contributed by atoms with Gasteiger partial charge in [-0.3, -0.25) is 4.90 Å². The maximum Gasteiger partial charge on any atom is 0.0359 e. The van der Waals surface area contributed by atoms with Crippen LogP contribution in [0.2, 0.25) is 0 Å². The highest BCUT2D eigenvalue weighted by Crippen LogP contribution is 2.40. The molecule has 0 aromatic heterocycles. The molecule has 1 aliphatic carbocycles.